The standard InChI is InChI=1S/C30H36N2O7/c1-30(2)38-26-17-24(19-33)32(18-27(26)39-30)16-10-9-15-25(28(34)36-20-22-11-5-3-6-12-22)31-29(35)37-21-23-13-7-4-8-14-23/h3-8,11-14,17,19,25-27H,9-10,15-16,18,20-21H2,1-2H3,(H,31,35)/t25-,26-,27+/m0/s1. The SMILES string of the molecule is CC1(C)O[C@H]2C=C(C=O)N(CCCC[C@H](NC(=O)OCc3ccccc3)C(=O)OCc3ccccc3)C[C@H]2O1. The molecular formula is C30H36N2O7. The van der Waals surface area contributed by atoms with E-state index in [1.54, 1.807) is 0 Å². The number of nitrogens with one attached hydrogen (secondary N) is 1. The second kappa shape index (κ2) is 13.4. The number of carbonyl (C=O) groups excluding carboxylic acids is 3. The van der Waals surface area contributed by atoms with Gasteiger partial charge < -0.3 is 29.2 Å². The van der Waals surface area contributed by atoms with Gasteiger partial charge in [-0.25, -0.2) is 9.59 Å². The molecule has 208 valence electrons. The Morgan fingerprint density at radius 3 is 2.28 bits per heavy atom. The molecule has 0 aromatic heterocycles. The van der Waals surface area contributed by atoms with Gasteiger partial charge in [0, 0.05) is 13.1 Å². The second-order valence-electron chi connectivity index (χ2n) is 10.1. The molecule has 39 heavy (non-hydrogen) atoms. The first-order valence-corrected chi connectivity index (χ1v) is 13.3. The van der Waals surface area contributed by atoms with E-state index in [0.717, 1.165) is 17.4 Å². The predicted octanol–water partition coefficient (Wildman–Crippen LogP) is 4.11. The summed E-state index contributed by atoms with van der Waals surface area (Å²) < 4.78 is 22.7. The van der Waals surface area contributed by atoms with E-state index >= 15 is 0 Å². The summed E-state index contributed by atoms with van der Waals surface area (Å²) in [5, 5.41) is 2.67. The first kappa shape index (κ1) is 28.3. The fourth-order valence-electron chi connectivity index (χ4n) is 4.71. The smallest absolute Gasteiger partial charge is 0.408 e. The van der Waals surface area contributed by atoms with Crippen LogP contribution in [0.4, 0.5) is 4.79 Å². The second-order valence-corrected chi connectivity index (χ2v) is 10.1. The molecule has 1 saturated heterocycles. The van der Waals surface area contributed by atoms with Crippen molar-refractivity contribution in [2.75, 3.05) is 13.1 Å². The summed E-state index contributed by atoms with van der Waals surface area (Å²) in [6, 6.07) is 17.8. The van der Waals surface area contributed by atoms with Gasteiger partial charge in [0.2, 0.25) is 0 Å². The highest BCUT2D eigenvalue weighted by Crippen LogP contribution is 2.33. The van der Waals surface area contributed by atoms with Gasteiger partial charge >= 0.3 is 12.1 Å². The molecule has 4 rings (SSSR count). The summed E-state index contributed by atoms with van der Waals surface area (Å²) in [5.74, 6) is -1.22. The Balaban J connectivity index is 1.30. The van der Waals surface area contributed by atoms with Gasteiger partial charge in [-0.05, 0) is 50.3 Å². The van der Waals surface area contributed by atoms with Crippen LogP contribution in [0.2, 0.25) is 0 Å². The Labute approximate surface area is 229 Å². The number of carbonyl (C=O) groups is 3. The van der Waals surface area contributed by atoms with Gasteiger partial charge in [0.25, 0.3) is 0 Å². The summed E-state index contributed by atoms with van der Waals surface area (Å²) >= 11 is 0. The molecule has 1 fully saturated rings. The van der Waals surface area contributed by atoms with Gasteiger partial charge in [-0.15, -0.1) is 0 Å². The van der Waals surface area contributed by atoms with Crippen LogP contribution in [-0.4, -0.2) is 60.4 Å². The summed E-state index contributed by atoms with van der Waals surface area (Å²) in [7, 11) is 0. The highest BCUT2D eigenvalue weighted by molar-refractivity contribution is 5.81. The van der Waals surface area contributed by atoms with Crippen LogP contribution in [-0.2, 0) is 41.8 Å². The number of ether oxygens (including phenoxy) is 4. The van der Waals surface area contributed by atoms with E-state index in [1.165, 1.54) is 0 Å². The van der Waals surface area contributed by atoms with Gasteiger partial charge in [-0.3, -0.25) is 4.79 Å². The van der Waals surface area contributed by atoms with Crippen molar-refractivity contribution >= 4 is 18.3 Å². The zero-order valence-electron chi connectivity index (χ0n) is 22.4. The lowest BCUT2D eigenvalue weighted by Crippen LogP contribution is -2.43. The molecule has 0 saturated carbocycles. The average Bonchev–Trinajstić information content (AvgIpc) is 3.25. The van der Waals surface area contributed by atoms with Crippen molar-refractivity contribution in [3.8, 4) is 0 Å². The summed E-state index contributed by atoms with van der Waals surface area (Å²) in [6.45, 7) is 5.07. The molecule has 0 spiro atoms. The Morgan fingerprint density at radius 2 is 1.64 bits per heavy atom. The largest absolute Gasteiger partial charge is 0.459 e. The van der Waals surface area contributed by atoms with Crippen LogP contribution in [0, 0.1) is 0 Å². The lowest BCUT2D eigenvalue weighted by atomic mass is 10.1. The van der Waals surface area contributed by atoms with E-state index in [1.807, 2.05) is 85.5 Å². The lowest BCUT2D eigenvalue weighted by molar-refractivity contribution is -0.147. The van der Waals surface area contributed by atoms with E-state index in [4.69, 9.17) is 18.9 Å². The number of nitrogens with zero attached hydrogens (tertiary/aromatic N) is 1. The van der Waals surface area contributed by atoms with Crippen molar-refractivity contribution in [1.29, 1.82) is 0 Å². The van der Waals surface area contributed by atoms with E-state index < -0.39 is 23.9 Å². The number of alkyl carbamates (subject to hydrolysis) is 1. The number of esters is 1. The van der Waals surface area contributed by atoms with Crippen LogP contribution >= 0.6 is 0 Å². The Hall–Kier alpha value is -3.69. The minimum Gasteiger partial charge on any atom is -0.459 e. The van der Waals surface area contributed by atoms with Crippen LogP contribution in [0.25, 0.3) is 0 Å². The van der Waals surface area contributed by atoms with E-state index in [0.29, 0.717) is 38.0 Å². The van der Waals surface area contributed by atoms with Gasteiger partial charge in [-0.2, -0.15) is 0 Å². The number of rotatable bonds is 12. The minimum absolute atomic E-state index is 0.0962. The minimum atomic E-state index is -0.865. The summed E-state index contributed by atoms with van der Waals surface area (Å²) in [4.78, 5) is 39.1. The van der Waals surface area contributed by atoms with Gasteiger partial charge in [0.15, 0.2) is 12.1 Å². The van der Waals surface area contributed by atoms with E-state index in [-0.39, 0.29) is 25.4 Å². The molecule has 9 heteroatoms. The number of unbranched alkanes of at least 4 members (excludes halogenated alkanes) is 1. The lowest BCUT2D eigenvalue weighted by Gasteiger charge is -2.32. The quantitative estimate of drug-likeness (QED) is 0.246. The monoisotopic (exact) mass is 536 g/mol. The molecule has 9 nitrogen and oxygen atoms in total. The van der Waals surface area contributed by atoms with Crippen molar-refractivity contribution in [2.24, 2.45) is 0 Å². The topological polar surface area (TPSA) is 103 Å². The molecule has 1 amide bonds. The summed E-state index contributed by atoms with van der Waals surface area (Å²) in [6.07, 6.45) is 3.23. The summed E-state index contributed by atoms with van der Waals surface area (Å²) in [5.41, 5.74) is 2.27. The number of aldehydes is 1. The van der Waals surface area contributed by atoms with E-state index in [2.05, 4.69) is 5.32 Å². The Kier molecular flexibility index (Phi) is 9.73. The van der Waals surface area contributed by atoms with Crippen LogP contribution < -0.4 is 5.32 Å². The van der Waals surface area contributed by atoms with Crippen molar-refractivity contribution in [3.63, 3.8) is 0 Å². The number of benzene rings is 2. The molecule has 0 aliphatic carbocycles. The number of hydrogen-bond donors (Lipinski definition) is 1. The van der Waals surface area contributed by atoms with Crippen molar-refractivity contribution in [2.45, 2.75) is 70.4 Å². The maximum atomic E-state index is 12.9. The average molecular weight is 537 g/mol. The molecule has 0 bridgehead atoms. The molecule has 0 unspecified atom stereocenters. The van der Waals surface area contributed by atoms with Gasteiger partial charge in [0.1, 0.15) is 31.5 Å². The molecule has 2 aromatic carbocycles. The first-order valence-electron chi connectivity index (χ1n) is 13.3. The molecule has 2 aromatic rings. The third-order valence-electron chi connectivity index (χ3n) is 6.63. The van der Waals surface area contributed by atoms with Crippen LogP contribution in [0.5, 0.6) is 0 Å². The normalized spacial score (nSPS) is 20.4. The first-order chi connectivity index (χ1) is 18.8. The number of fused-ring (bicyclic) bond motifs is 1. The van der Waals surface area contributed by atoms with Crippen molar-refractivity contribution < 1.29 is 33.3 Å². The zero-order chi connectivity index (χ0) is 27.7. The number of hydrogen-bond acceptors (Lipinski definition) is 8. The van der Waals surface area contributed by atoms with Gasteiger partial charge in [0.05, 0.1) is 5.70 Å². The third-order valence-corrected chi connectivity index (χ3v) is 6.63. The van der Waals surface area contributed by atoms with Crippen molar-refractivity contribution in [3.05, 3.63) is 83.6 Å². The van der Waals surface area contributed by atoms with Crippen LogP contribution in [0.15, 0.2) is 72.4 Å². The number of amides is 1. The predicted molar refractivity (Wildman–Crippen MR) is 143 cm³/mol. The fraction of sp³-hybridized carbons (Fsp3) is 0.433. The Morgan fingerprint density at radius 1 is 1.00 bits per heavy atom. The number of allylic oxidation sites excluding steroid dienone is 1. The third kappa shape index (κ3) is 8.40. The van der Waals surface area contributed by atoms with Crippen LogP contribution in [0.3, 0.4) is 0 Å². The molecule has 2 aliphatic rings. The highest BCUT2D eigenvalue weighted by atomic mass is 16.8. The molecular weight excluding hydrogens is 500 g/mol. The van der Waals surface area contributed by atoms with Crippen LogP contribution in [0.1, 0.15) is 44.2 Å². The van der Waals surface area contributed by atoms with Crippen molar-refractivity contribution in [1.82, 2.24) is 10.2 Å². The Bertz CT molecular complexity index is 1140. The fourth-order valence-corrected chi connectivity index (χ4v) is 4.71. The zero-order valence-corrected chi connectivity index (χ0v) is 22.4. The molecule has 1 N–H and O–H groups in total. The molecule has 0 radical (unpaired) electrons. The van der Waals surface area contributed by atoms with Gasteiger partial charge in [-0.1, -0.05) is 60.7 Å². The molecule has 2 aliphatic heterocycles. The highest BCUT2D eigenvalue weighted by Gasteiger charge is 2.43. The van der Waals surface area contributed by atoms with E-state index in [9.17, 15) is 14.4 Å². The molecule has 2 heterocycles. The molecule has 3 atom stereocenters. The maximum Gasteiger partial charge on any atom is 0.408 e. The maximum absolute atomic E-state index is 12.9.